The van der Waals surface area contributed by atoms with E-state index in [1.165, 1.54) is 16.6 Å². The zero-order valence-electron chi connectivity index (χ0n) is 12.2. The van der Waals surface area contributed by atoms with E-state index in [-0.39, 0.29) is 0 Å². The van der Waals surface area contributed by atoms with Crippen LogP contribution < -0.4 is 0 Å². The van der Waals surface area contributed by atoms with Crippen LogP contribution in [-0.2, 0) is 20.0 Å². The van der Waals surface area contributed by atoms with Crippen molar-refractivity contribution in [1.82, 2.24) is 24.6 Å². The van der Waals surface area contributed by atoms with E-state index in [1.54, 1.807) is 0 Å². The largest absolute Gasteiger partial charge is 0.360 e. The number of H-pyrrole nitrogens is 1. The van der Waals surface area contributed by atoms with Crippen LogP contribution in [0.15, 0.2) is 36.8 Å². The highest BCUT2D eigenvalue weighted by Crippen LogP contribution is 2.24. The van der Waals surface area contributed by atoms with Crippen LogP contribution >= 0.6 is 0 Å². The molecule has 0 aromatic carbocycles. The Balaban J connectivity index is 1.37. The number of aryl methyl sites for hydroxylation is 1. The van der Waals surface area contributed by atoms with E-state index in [1.807, 2.05) is 30.3 Å². The van der Waals surface area contributed by atoms with Crippen LogP contribution in [0.4, 0.5) is 0 Å². The second kappa shape index (κ2) is 5.00. The molecule has 0 atom stereocenters. The molecule has 1 saturated heterocycles. The van der Waals surface area contributed by atoms with Gasteiger partial charge in [-0.1, -0.05) is 0 Å². The lowest BCUT2D eigenvalue weighted by atomic mass is 9.93. The lowest BCUT2D eigenvalue weighted by molar-refractivity contribution is 0.0906. The Morgan fingerprint density at radius 1 is 1.29 bits per heavy atom. The van der Waals surface area contributed by atoms with Gasteiger partial charge in [-0.3, -0.25) is 14.6 Å². The van der Waals surface area contributed by atoms with Crippen molar-refractivity contribution < 1.29 is 0 Å². The summed E-state index contributed by atoms with van der Waals surface area (Å²) in [6.07, 6.45) is 6.96. The van der Waals surface area contributed by atoms with E-state index >= 15 is 0 Å². The summed E-state index contributed by atoms with van der Waals surface area (Å²) in [5.74, 6) is 0.704. The van der Waals surface area contributed by atoms with Crippen LogP contribution in [0.25, 0.3) is 10.9 Å². The molecule has 0 spiro atoms. The van der Waals surface area contributed by atoms with E-state index < -0.39 is 0 Å². The first kappa shape index (κ1) is 12.6. The van der Waals surface area contributed by atoms with Gasteiger partial charge in [0.15, 0.2) is 0 Å². The third-order valence-electron chi connectivity index (χ3n) is 4.22. The van der Waals surface area contributed by atoms with Crippen molar-refractivity contribution in [3.63, 3.8) is 0 Å². The fourth-order valence-corrected chi connectivity index (χ4v) is 3.18. The van der Waals surface area contributed by atoms with E-state index in [0.717, 1.165) is 31.7 Å². The summed E-state index contributed by atoms with van der Waals surface area (Å²) in [6.45, 7) is 3.22. The molecule has 0 radical (unpaired) electrons. The molecule has 3 aromatic rings. The molecule has 108 valence electrons. The van der Waals surface area contributed by atoms with Crippen molar-refractivity contribution in [3.05, 3.63) is 48.2 Å². The Morgan fingerprint density at radius 3 is 3.00 bits per heavy atom. The number of aromatic nitrogens is 4. The van der Waals surface area contributed by atoms with Crippen molar-refractivity contribution in [1.29, 1.82) is 0 Å². The maximum Gasteiger partial charge on any atom is 0.0764 e. The van der Waals surface area contributed by atoms with Gasteiger partial charge in [0.25, 0.3) is 0 Å². The molecular weight excluding hydrogens is 262 g/mol. The van der Waals surface area contributed by atoms with Crippen LogP contribution in [0.3, 0.4) is 0 Å². The highest BCUT2D eigenvalue weighted by Gasteiger charge is 2.28. The molecule has 1 fully saturated rings. The van der Waals surface area contributed by atoms with Gasteiger partial charge in [0, 0.05) is 50.7 Å². The number of nitrogens with one attached hydrogen (secondary N) is 1. The van der Waals surface area contributed by atoms with Crippen molar-refractivity contribution in [2.24, 2.45) is 13.0 Å². The summed E-state index contributed by atoms with van der Waals surface area (Å²) < 4.78 is 1.86. The van der Waals surface area contributed by atoms with Crippen molar-refractivity contribution in [2.45, 2.75) is 13.0 Å². The highest BCUT2D eigenvalue weighted by atomic mass is 15.3. The second-order valence-electron chi connectivity index (χ2n) is 5.94. The van der Waals surface area contributed by atoms with Gasteiger partial charge in [0.1, 0.15) is 0 Å². The van der Waals surface area contributed by atoms with Gasteiger partial charge in [0.2, 0.25) is 0 Å². The molecule has 5 nitrogen and oxygen atoms in total. The number of likely N-dealkylation sites (tertiary alicyclic amines) is 1. The summed E-state index contributed by atoms with van der Waals surface area (Å²) in [5.41, 5.74) is 3.54. The number of hydrogen-bond acceptors (Lipinski definition) is 3. The van der Waals surface area contributed by atoms with E-state index in [0.29, 0.717) is 5.92 Å². The first-order chi connectivity index (χ1) is 10.3. The first-order valence-electron chi connectivity index (χ1n) is 7.40. The summed E-state index contributed by atoms with van der Waals surface area (Å²) in [7, 11) is 1.96. The molecular formula is C16H19N5. The van der Waals surface area contributed by atoms with Crippen molar-refractivity contribution in [2.75, 3.05) is 13.1 Å². The summed E-state index contributed by atoms with van der Waals surface area (Å²) >= 11 is 0. The molecule has 3 aromatic heterocycles. The van der Waals surface area contributed by atoms with Crippen LogP contribution in [-0.4, -0.2) is 37.7 Å². The standard InChI is InChI=1S/C16H19N5/c1-20-7-4-14(19-20)11-21-9-12(10-21)8-15-16-13(2-5-17-15)3-6-18-16/h2-7,12,18H,8-11H2,1H3. The molecule has 1 aliphatic heterocycles. The summed E-state index contributed by atoms with van der Waals surface area (Å²) in [4.78, 5) is 10.3. The Labute approximate surface area is 123 Å². The van der Waals surface area contributed by atoms with Gasteiger partial charge in [-0.05, 0) is 30.5 Å². The average Bonchev–Trinajstić information content (AvgIpc) is 3.05. The molecule has 5 heteroatoms. The number of aromatic amines is 1. The first-order valence-corrected chi connectivity index (χ1v) is 7.40. The van der Waals surface area contributed by atoms with Crippen LogP contribution in [0.2, 0.25) is 0 Å². The minimum absolute atomic E-state index is 0.704. The lowest BCUT2D eigenvalue weighted by Gasteiger charge is -2.38. The predicted octanol–water partition coefficient (Wildman–Crippen LogP) is 1.97. The Hall–Kier alpha value is -2.14. The zero-order chi connectivity index (χ0) is 14.2. The molecule has 0 bridgehead atoms. The third kappa shape index (κ3) is 2.45. The maximum atomic E-state index is 4.55. The number of nitrogens with zero attached hydrogens (tertiary/aromatic N) is 4. The van der Waals surface area contributed by atoms with E-state index in [2.05, 4.69) is 38.2 Å². The van der Waals surface area contributed by atoms with Gasteiger partial charge in [-0.2, -0.15) is 5.10 Å². The molecule has 4 heterocycles. The predicted molar refractivity (Wildman–Crippen MR) is 81.8 cm³/mol. The highest BCUT2D eigenvalue weighted by molar-refractivity contribution is 5.81. The number of fused-ring (bicyclic) bond motifs is 1. The number of pyridine rings is 1. The van der Waals surface area contributed by atoms with E-state index in [9.17, 15) is 0 Å². The minimum atomic E-state index is 0.704. The summed E-state index contributed by atoms with van der Waals surface area (Å²) in [6, 6.07) is 6.26. The normalized spacial score (nSPS) is 16.4. The molecule has 21 heavy (non-hydrogen) atoms. The molecule has 0 saturated carbocycles. The van der Waals surface area contributed by atoms with Crippen LogP contribution in [0.1, 0.15) is 11.4 Å². The fourth-order valence-electron chi connectivity index (χ4n) is 3.18. The Bertz CT molecular complexity index is 751. The topological polar surface area (TPSA) is 49.7 Å². The number of hydrogen-bond donors (Lipinski definition) is 1. The SMILES string of the molecule is Cn1ccc(CN2CC(Cc3nccc4cc[nH]c34)C2)n1. The molecule has 0 amide bonds. The number of rotatable bonds is 4. The molecule has 0 unspecified atom stereocenters. The average molecular weight is 281 g/mol. The lowest BCUT2D eigenvalue weighted by Crippen LogP contribution is -2.47. The van der Waals surface area contributed by atoms with E-state index in [4.69, 9.17) is 0 Å². The second-order valence-corrected chi connectivity index (χ2v) is 5.94. The monoisotopic (exact) mass is 281 g/mol. The molecule has 0 aliphatic carbocycles. The van der Waals surface area contributed by atoms with Gasteiger partial charge < -0.3 is 4.98 Å². The zero-order valence-corrected chi connectivity index (χ0v) is 12.2. The van der Waals surface area contributed by atoms with Gasteiger partial charge in [-0.15, -0.1) is 0 Å². The van der Waals surface area contributed by atoms with Gasteiger partial charge in [0.05, 0.1) is 16.9 Å². The summed E-state index contributed by atoms with van der Waals surface area (Å²) in [5, 5.41) is 5.69. The maximum absolute atomic E-state index is 4.55. The van der Waals surface area contributed by atoms with Crippen LogP contribution in [0.5, 0.6) is 0 Å². The fraction of sp³-hybridized carbons (Fsp3) is 0.375. The Kier molecular flexibility index (Phi) is 3.00. The molecule has 1 N–H and O–H groups in total. The minimum Gasteiger partial charge on any atom is -0.360 e. The van der Waals surface area contributed by atoms with Gasteiger partial charge >= 0.3 is 0 Å². The molecule has 1 aliphatic rings. The van der Waals surface area contributed by atoms with Crippen LogP contribution in [0, 0.1) is 5.92 Å². The molecule has 4 rings (SSSR count). The van der Waals surface area contributed by atoms with Crippen molar-refractivity contribution in [3.8, 4) is 0 Å². The van der Waals surface area contributed by atoms with Crippen molar-refractivity contribution >= 4 is 10.9 Å². The smallest absolute Gasteiger partial charge is 0.0764 e. The quantitative estimate of drug-likeness (QED) is 0.795. The Morgan fingerprint density at radius 2 is 2.19 bits per heavy atom. The van der Waals surface area contributed by atoms with Gasteiger partial charge in [-0.25, -0.2) is 0 Å². The third-order valence-corrected chi connectivity index (χ3v) is 4.22.